The van der Waals surface area contributed by atoms with Gasteiger partial charge in [-0.25, -0.2) is 0 Å². The summed E-state index contributed by atoms with van der Waals surface area (Å²) in [5, 5.41) is 3.74. The van der Waals surface area contributed by atoms with E-state index in [0.29, 0.717) is 7.05 Å². The number of halogens is 4. The zero-order valence-corrected chi connectivity index (χ0v) is 7.39. The Kier molecular flexibility index (Phi) is 2.26. The van der Waals surface area contributed by atoms with Crippen molar-refractivity contribution in [2.45, 2.75) is 11.3 Å². The van der Waals surface area contributed by atoms with Crippen LogP contribution >= 0.6 is 0 Å². The number of alkyl halides is 3. The maximum absolute atomic E-state index is 12.3. The molecular formula is C4H3F4N3O2S. The van der Waals surface area contributed by atoms with Gasteiger partial charge in [-0.3, -0.25) is 4.57 Å². The van der Waals surface area contributed by atoms with Crippen molar-refractivity contribution < 1.29 is 25.5 Å². The van der Waals surface area contributed by atoms with Crippen LogP contribution in [0.4, 0.5) is 17.1 Å². The smallest absolute Gasteiger partial charge is 0.295 e. The lowest BCUT2D eigenvalue weighted by molar-refractivity contribution is -0.147. The molecular weight excluding hydrogens is 230 g/mol. The van der Waals surface area contributed by atoms with Crippen molar-refractivity contribution in [3.63, 3.8) is 0 Å². The monoisotopic (exact) mass is 233 g/mol. The Labute approximate surface area is 75.6 Å². The van der Waals surface area contributed by atoms with E-state index in [2.05, 4.69) is 10.2 Å². The normalized spacial score (nSPS) is 13.2. The summed E-state index contributed by atoms with van der Waals surface area (Å²) in [5.74, 6) is -1.58. The first-order valence-corrected chi connectivity index (χ1v) is 4.43. The maximum atomic E-state index is 12.3. The highest BCUT2D eigenvalue weighted by molar-refractivity contribution is 7.86. The first-order chi connectivity index (χ1) is 6.14. The molecule has 0 aliphatic heterocycles. The Morgan fingerprint density at radius 2 is 1.79 bits per heavy atom. The Morgan fingerprint density at radius 3 is 2.00 bits per heavy atom. The molecule has 10 heteroatoms. The summed E-state index contributed by atoms with van der Waals surface area (Å²) in [4.78, 5) is 0. The molecule has 0 atom stereocenters. The van der Waals surface area contributed by atoms with Crippen LogP contribution in [-0.2, 0) is 23.4 Å². The Bertz CT molecular complexity index is 448. The van der Waals surface area contributed by atoms with Crippen molar-refractivity contribution >= 4 is 10.2 Å². The van der Waals surface area contributed by atoms with Gasteiger partial charge in [0.2, 0.25) is 5.82 Å². The van der Waals surface area contributed by atoms with Crippen LogP contribution in [-0.4, -0.2) is 23.2 Å². The third-order valence-electron chi connectivity index (χ3n) is 1.31. The molecule has 0 saturated carbocycles. The van der Waals surface area contributed by atoms with E-state index in [1.807, 2.05) is 0 Å². The van der Waals surface area contributed by atoms with Crippen LogP contribution < -0.4 is 0 Å². The SMILES string of the molecule is Cn1c(C(F)(F)F)nnc1S(=O)(=O)F. The first kappa shape index (κ1) is 10.9. The molecule has 0 amide bonds. The molecule has 80 valence electrons. The molecule has 0 radical (unpaired) electrons. The highest BCUT2D eigenvalue weighted by Gasteiger charge is 2.39. The summed E-state index contributed by atoms with van der Waals surface area (Å²) in [6, 6.07) is 0. The molecule has 0 bridgehead atoms. The van der Waals surface area contributed by atoms with E-state index >= 15 is 0 Å². The van der Waals surface area contributed by atoms with Gasteiger partial charge >= 0.3 is 16.4 Å². The summed E-state index contributed by atoms with van der Waals surface area (Å²) < 4.78 is 68.8. The van der Waals surface area contributed by atoms with Crippen LogP contribution in [0.2, 0.25) is 0 Å². The minimum atomic E-state index is -5.28. The largest absolute Gasteiger partial charge is 0.451 e. The highest BCUT2D eigenvalue weighted by Crippen LogP contribution is 2.28. The lowest BCUT2D eigenvalue weighted by atomic mass is 10.6. The highest BCUT2D eigenvalue weighted by atomic mass is 32.3. The molecule has 0 unspecified atom stereocenters. The fourth-order valence-corrected chi connectivity index (χ4v) is 1.33. The number of rotatable bonds is 1. The van der Waals surface area contributed by atoms with Gasteiger partial charge in [0.1, 0.15) is 0 Å². The van der Waals surface area contributed by atoms with E-state index in [1.54, 1.807) is 0 Å². The second-order valence-electron chi connectivity index (χ2n) is 2.30. The summed E-state index contributed by atoms with van der Waals surface area (Å²) in [5.41, 5.74) is 0. The molecule has 0 aliphatic carbocycles. The molecule has 1 aromatic rings. The molecule has 0 aliphatic rings. The lowest BCUT2D eigenvalue weighted by Gasteiger charge is -2.04. The summed E-state index contributed by atoms with van der Waals surface area (Å²) in [6.07, 6.45) is -4.87. The zero-order valence-electron chi connectivity index (χ0n) is 6.58. The van der Waals surface area contributed by atoms with Crippen LogP contribution in [0.15, 0.2) is 5.16 Å². The number of hydrogen-bond donors (Lipinski definition) is 0. The lowest BCUT2D eigenvalue weighted by Crippen LogP contribution is -2.14. The van der Waals surface area contributed by atoms with Crippen molar-refractivity contribution in [3.05, 3.63) is 5.82 Å². The van der Waals surface area contributed by atoms with Crippen molar-refractivity contribution in [3.8, 4) is 0 Å². The Morgan fingerprint density at radius 1 is 1.29 bits per heavy atom. The standard InChI is InChI=1S/C4H3F4N3O2S/c1-11-2(4(5,6)7)9-10-3(11)14(8,12)13/h1H3. The van der Waals surface area contributed by atoms with Gasteiger partial charge in [0.05, 0.1) is 0 Å². The van der Waals surface area contributed by atoms with Gasteiger partial charge in [0.15, 0.2) is 0 Å². The average molecular weight is 233 g/mol. The number of hydrogen-bond acceptors (Lipinski definition) is 4. The van der Waals surface area contributed by atoms with Crippen molar-refractivity contribution in [1.82, 2.24) is 14.8 Å². The van der Waals surface area contributed by atoms with E-state index in [4.69, 9.17) is 0 Å². The van der Waals surface area contributed by atoms with Gasteiger partial charge in [-0.2, -0.15) is 21.6 Å². The van der Waals surface area contributed by atoms with Crippen LogP contribution in [0.1, 0.15) is 5.82 Å². The fourth-order valence-electron chi connectivity index (χ4n) is 0.774. The molecule has 5 nitrogen and oxygen atoms in total. The maximum Gasteiger partial charge on any atom is 0.451 e. The molecule has 1 rings (SSSR count). The third-order valence-corrected chi connectivity index (χ3v) is 2.10. The topological polar surface area (TPSA) is 64.8 Å². The second kappa shape index (κ2) is 2.90. The van der Waals surface area contributed by atoms with Crippen LogP contribution in [0.5, 0.6) is 0 Å². The quantitative estimate of drug-likeness (QED) is 0.523. The zero-order chi connectivity index (χ0) is 11.1. The first-order valence-electron chi connectivity index (χ1n) is 3.05. The van der Waals surface area contributed by atoms with E-state index in [1.165, 1.54) is 0 Å². The van der Waals surface area contributed by atoms with Gasteiger partial charge in [-0.1, -0.05) is 3.89 Å². The molecule has 14 heavy (non-hydrogen) atoms. The van der Waals surface area contributed by atoms with Crippen LogP contribution in [0.25, 0.3) is 0 Å². The molecule has 0 fully saturated rings. The van der Waals surface area contributed by atoms with Gasteiger partial charge in [-0.15, -0.1) is 10.2 Å². The van der Waals surface area contributed by atoms with Gasteiger partial charge in [-0.05, 0) is 0 Å². The molecule has 0 saturated heterocycles. The number of nitrogens with zero attached hydrogens (tertiary/aromatic N) is 3. The minimum Gasteiger partial charge on any atom is -0.295 e. The van der Waals surface area contributed by atoms with E-state index in [9.17, 15) is 25.5 Å². The van der Waals surface area contributed by atoms with Gasteiger partial charge in [0, 0.05) is 7.05 Å². The van der Waals surface area contributed by atoms with Crippen molar-refractivity contribution in [2.24, 2.45) is 7.05 Å². The third kappa shape index (κ3) is 1.84. The van der Waals surface area contributed by atoms with E-state index < -0.39 is 27.4 Å². The summed E-state index contributed by atoms with van der Waals surface area (Å²) in [7, 11) is -4.58. The van der Waals surface area contributed by atoms with Gasteiger partial charge in [0.25, 0.3) is 5.16 Å². The molecule has 0 aromatic carbocycles. The molecule has 0 spiro atoms. The van der Waals surface area contributed by atoms with Crippen LogP contribution in [0, 0.1) is 0 Å². The summed E-state index contributed by atoms with van der Waals surface area (Å²) in [6.45, 7) is 0. The van der Waals surface area contributed by atoms with Crippen molar-refractivity contribution in [1.29, 1.82) is 0 Å². The molecule has 1 heterocycles. The predicted octanol–water partition coefficient (Wildman–Crippen LogP) is 0.492. The van der Waals surface area contributed by atoms with E-state index in [0.717, 1.165) is 0 Å². The number of aromatic nitrogens is 3. The predicted molar refractivity (Wildman–Crippen MR) is 34.3 cm³/mol. The molecule has 1 aromatic heterocycles. The van der Waals surface area contributed by atoms with Gasteiger partial charge < -0.3 is 0 Å². The molecule has 0 N–H and O–H groups in total. The Hall–Kier alpha value is -1.19. The van der Waals surface area contributed by atoms with Crippen LogP contribution in [0.3, 0.4) is 0 Å². The Balaban J connectivity index is 3.37. The van der Waals surface area contributed by atoms with E-state index in [-0.39, 0.29) is 4.57 Å². The average Bonchev–Trinajstić information content (AvgIpc) is 2.26. The minimum absolute atomic E-state index is 0.0231. The summed E-state index contributed by atoms with van der Waals surface area (Å²) >= 11 is 0. The van der Waals surface area contributed by atoms with Crippen molar-refractivity contribution in [2.75, 3.05) is 0 Å². The fraction of sp³-hybridized carbons (Fsp3) is 0.500. The second-order valence-corrected chi connectivity index (χ2v) is 3.54.